The predicted molar refractivity (Wildman–Crippen MR) is 66.7 cm³/mol. The average Bonchev–Trinajstić information content (AvgIpc) is 2.37. The molecule has 0 unspecified atom stereocenters. The highest BCUT2D eigenvalue weighted by atomic mass is 16.5. The number of nitriles is 1. The van der Waals surface area contributed by atoms with Gasteiger partial charge in [0.15, 0.2) is 0 Å². The summed E-state index contributed by atoms with van der Waals surface area (Å²) in [6, 6.07) is 17.5. The van der Waals surface area contributed by atoms with E-state index in [9.17, 15) is 0 Å². The Kier molecular flexibility index (Phi) is 3.42. The molecule has 84 valence electrons. The first-order chi connectivity index (χ1) is 8.28. The molecule has 2 aromatic rings. The molecule has 0 fully saturated rings. The van der Waals surface area contributed by atoms with Gasteiger partial charge in [0.25, 0.3) is 0 Å². The van der Waals surface area contributed by atoms with Gasteiger partial charge in [0, 0.05) is 0 Å². The lowest BCUT2D eigenvalue weighted by atomic mass is 10.1. The molecule has 0 saturated heterocycles. The van der Waals surface area contributed by atoms with Crippen LogP contribution in [0.1, 0.15) is 16.7 Å². The van der Waals surface area contributed by atoms with Crippen molar-refractivity contribution in [3.8, 4) is 11.8 Å². The summed E-state index contributed by atoms with van der Waals surface area (Å²) in [6.45, 7) is 2.52. The van der Waals surface area contributed by atoms with E-state index in [1.165, 1.54) is 5.56 Å². The minimum Gasteiger partial charge on any atom is -0.489 e. The Hall–Kier alpha value is -2.27. The van der Waals surface area contributed by atoms with Gasteiger partial charge in [-0.1, -0.05) is 24.3 Å². The number of benzene rings is 2. The Balaban J connectivity index is 2.05. The molecule has 0 N–H and O–H groups in total. The van der Waals surface area contributed by atoms with Gasteiger partial charge in [0.1, 0.15) is 12.4 Å². The van der Waals surface area contributed by atoms with Crippen LogP contribution in [0.4, 0.5) is 0 Å². The minimum absolute atomic E-state index is 0.485. The number of aryl methyl sites for hydroxylation is 1. The second-order valence-electron chi connectivity index (χ2n) is 3.92. The fourth-order valence-electron chi connectivity index (χ4n) is 1.60. The van der Waals surface area contributed by atoms with Crippen LogP contribution < -0.4 is 4.74 Å². The zero-order valence-corrected chi connectivity index (χ0v) is 9.68. The average molecular weight is 223 g/mol. The molecule has 0 aliphatic carbocycles. The van der Waals surface area contributed by atoms with Crippen LogP contribution in [-0.2, 0) is 6.61 Å². The van der Waals surface area contributed by atoms with Gasteiger partial charge in [-0.05, 0) is 42.3 Å². The van der Waals surface area contributed by atoms with E-state index < -0.39 is 0 Å². The van der Waals surface area contributed by atoms with Crippen molar-refractivity contribution in [3.05, 3.63) is 65.2 Å². The molecule has 0 saturated carbocycles. The first-order valence-electron chi connectivity index (χ1n) is 5.46. The van der Waals surface area contributed by atoms with Crippen LogP contribution in [0.2, 0.25) is 0 Å². The van der Waals surface area contributed by atoms with Crippen molar-refractivity contribution in [3.63, 3.8) is 0 Å². The van der Waals surface area contributed by atoms with Crippen LogP contribution in [0.5, 0.6) is 5.75 Å². The van der Waals surface area contributed by atoms with Gasteiger partial charge in [-0.15, -0.1) is 0 Å². The molecule has 0 atom stereocenters. The van der Waals surface area contributed by atoms with Crippen molar-refractivity contribution >= 4 is 0 Å². The highest BCUT2D eigenvalue weighted by molar-refractivity contribution is 5.33. The second-order valence-corrected chi connectivity index (χ2v) is 3.92. The summed E-state index contributed by atoms with van der Waals surface area (Å²) in [5, 5.41) is 8.79. The summed E-state index contributed by atoms with van der Waals surface area (Å²) >= 11 is 0. The first-order valence-corrected chi connectivity index (χ1v) is 5.46. The highest BCUT2D eigenvalue weighted by Crippen LogP contribution is 2.14. The maximum atomic E-state index is 8.79. The fraction of sp³-hybridized carbons (Fsp3) is 0.133. The Morgan fingerprint density at radius 1 is 1.12 bits per heavy atom. The molecule has 0 aliphatic rings. The molecule has 0 spiro atoms. The van der Waals surface area contributed by atoms with Gasteiger partial charge in [-0.25, -0.2) is 0 Å². The highest BCUT2D eigenvalue weighted by Gasteiger charge is 1.97. The molecule has 0 radical (unpaired) electrons. The predicted octanol–water partition coefficient (Wildman–Crippen LogP) is 3.45. The van der Waals surface area contributed by atoms with E-state index in [0.717, 1.165) is 11.3 Å². The molecule has 2 aromatic carbocycles. The second kappa shape index (κ2) is 5.18. The van der Waals surface area contributed by atoms with Crippen LogP contribution in [0.25, 0.3) is 0 Å². The van der Waals surface area contributed by atoms with Gasteiger partial charge in [-0.3, -0.25) is 0 Å². The molecule has 2 nitrogen and oxygen atoms in total. The van der Waals surface area contributed by atoms with Gasteiger partial charge >= 0.3 is 0 Å². The maximum absolute atomic E-state index is 8.79. The molecule has 2 rings (SSSR count). The summed E-state index contributed by atoms with van der Waals surface area (Å²) in [5.74, 6) is 0.854. The Labute approximate surface area is 101 Å². The lowest BCUT2D eigenvalue weighted by Gasteiger charge is -2.07. The van der Waals surface area contributed by atoms with E-state index >= 15 is 0 Å². The van der Waals surface area contributed by atoms with Crippen molar-refractivity contribution in [2.24, 2.45) is 0 Å². The minimum atomic E-state index is 0.485. The van der Waals surface area contributed by atoms with E-state index in [1.807, 2.05) is 49.4 Å². The number of hydrogen-bond acceptors (Lipinski definition) is 2. The molecule has 0 amide bonds. The van der Waals surface area contributed by atoms with Gasteiger partial charge < -0.3 is 4.74 Å². The van der Waals surface area contributed by atoms with Gasteiger partial charge in [0.2, 0.25) is 0 Å². The Bertz CT molecular complexity index is 555. The van der Waals surface area contributed by atoms with E-state index in [0.29, 0.717) is 12.2 Å². The first kappa shape index (κ1) is 11.2. The molecule has 0 heterocycles. The normalized spacial score (nSPS) is 9.65. The summed E-state index contributed by atoms with van der Waals surface area (Å²) in [5.41, 5.74) is 2.84. The zero-order valence-electron chi connectivity index (χ0n) is 9.68. The Morgan fingerprint density at radius 3 is 2.71 bits per heavy atom. The van der Waals surface area contributed by atoms with Crippen LogP contribution in [0, 0.1) is 18.3 Å². The topological polar surface area (TPSA) is 33.0 Å². The molecule has 0 aromatic heterocycles. The monoisotopic (exact) mass is 223 g/mol. The van der Waals surface area contributed by atoms with Crippen LogP contribution in [-0.4, -0.2) is 0 Å². The van der Waals surface area contributed by atoms with Crippen LogP contribution in [0.15, 0.2) is 48.5 Å². The fourth-order valence-corrected chi connectivity index (χ4v) is 1.60. The molecular weight excluding hydrogens is 210 g/mol. The third-order valence-corrected chi connectivity index (χ3v) is 2.45. The van der Waals surface area contributed by atoms with Crippen LogP contribution >= 0.6 is 0 Å². The van der Waals surface area contributed by atoms with Gasteiger partial charge in [0.05, 0.1) is 11.6 Å². The third-order valence-electron chi connectivity index (χ3n) is 2.45. The number of ether oxygens (including phenoxy) is 1. The standard InChI is InChI=1S/C15H13NO/c1-12-4-2-7-15(8-12)17-11-14-6-3-5-13(9-14)10-16/h2-9H,11H2,1H3. The van der Waals surface area contributed by atoms with Crippen molar-refractivity contribution in [1.29, 1.82) is 5.26 Å². The maximum Gasteiger partial charge on any atom is 0.120 e. The van der Waals surface area contributed by atoms with Crippen molar-refractivity contribution in [1.82, 2.24) is 0 Å². The molecule has 0 aliphatic heterocycles. The van der Waals surface area contributed by atoms with E-state index in [-0.39, 0.29) is 0 Å². The van der Waals surface area contributed by atoms with Crippen molar-refractivity contribution in [2.45, 2.75) is 13.5 Å². The van der Waals surface area contributed by atoms with Crippen molar-refractivity contribution in [2.75, 3.05) is 0 Å². The Morgan fingerprint density at radius 2 is 1.94 bits per heavy atom. The molecule has 17 heavy (non-hydrogen) atoms. The van der Waals surface area contributed by atoms with E-state index in [1.54, 1.807) is 6.07 Å². The van der Waals surface area contributed by atoms with Crippen LogP contribution in [0.3, 0.4) is 0 Å². The summed E-state index contributed by atoms with van der Waals surface area (Å²) in [6.07, 6.45) is 0. The third kappa shape index (κ3) is 3.09. The lowest BCUT2D eigenvalue weighted by Crippen LogP contribution is -1.95. The quantitative estimate of drug-likeness (QED) is 0.798. The SMILES string of the molecule is Cc1cccc(OCc2cccc(C#N)c2)c1. The summed E-state index contributed by atoms with van der Waals surface area (Å²) in [4.78, 5) is 0. The zero-order chi connectivity index (χ0) is 12.1. The number of nitrogens with zero attached hydrogens (tertiary/aromatic N) is 1. The van der Waals surface area contributed by atoms with Crippen molar-refractivity contribution < 1.29 is 4.74 Å². The smallest absolute Gasteiger partial charge is 0.120 e. The summed E-state index contributed by atoms with van der Waals surface area (Å²) in [7, 11) is 0. The number of rotatable bonds is 3. The van der Waals surface area contributed by atoms with E-state index in [4.69, 9.17) is 10.00 Å². The van der Waals surface area contributed by atoms with Gasteiger partial charge in [-0.2, -0.15) is 5.26 Å². The van der Waals surface area contributed by atoms with E-state index in [2.05, 4.69) is 6.07 Å². The number of hydrogen-bond donors (Lipinski definition) is 0. The summed E-state index contributed by atoms with van der Waals surface area (Å²) < 4.78 is 5.66. The molecule has 2 heteroatoms. The molecular formula is C15H13NO. The lowest BCUT2D eigenvalue weighted by molar-refractivity contribution is 0.306. The largest absolute Gasteiger partial charge is 0.489 e. The molecule has 0 bridgehead atoms.